The van der Waals surface area contributed by atoms with Crippen LogP contribution in [-0.4, -0.2) is 32.0 Å². The van der Waals surface area contributed by atoms with Crippen molar-refractivity contribution >= 4 is 9.84 Å². The van der Waals surface area contributed by atoms with Crippen LogP contribution < -0.4 is 5.32 Å². The summed E-state index contributed by atoms with van der Waals surface area (Å²) in [6.07, 6.45) is 9.43. The summed E-state index contributed by atoms with van der Waals surface area (Å²) in [7, 11) is -2.76. The number of rotatable bonds is 3. The molecular weight excluding hydrogens is 270 g/mol. The van der Waals surface area contributed by atoms with Crippen LogP contribution in [0.3, 0.4) is 0 Å². The van der Waals surface area contributed by atoms with Gasteiger partial charge >= 0.3 is 0 Å². The standard InChI is InChI=1S/C16H27NO2S/c1-11(17-15-2-3-20(18,19)10-15)16-7-12-4-13(8-16)6-14(5-12)9-16/h11-15,17H,2-10H2,1H3. The molecule has 0 radical (unpaired) electrons. The third-order valence-electron chi connectivity index (χ3n) is 6.72. The van der Waals surface area contributed by atoms with Crippen LogP contribution in [0.2, 0.25) is 0 Å². The Kier molecular flexibility index (Phi) is 3.02. The smallest absolute Gasteiger partial charge is 0.151 e. The minimum absolute atomic E-state index is 0.211. The highest BCUT2D eigenvalue weighted by Crippen LogP contribution is 2.61. The highest BCUT2D eigenvalue weighted by atomic mass is 32.2. The zero-order valence-electron chi connectivity index (χ0n) is 12.5. The van der Waals surface area contributed by atoms with Crippen LogP contribution in [-0.2, 0) is 9.84 Å². The van der Waals surface area contributed by atoms with Gasteiger partial charge in [-0.3, -0.25) is 0 Å². The molecule has 0 amide bonds. The van der Waals surface area contributed by atoms with Gasteiger partial charge < -0.3 is 5.32 Å². The fourth-order valence-corrected chi connectivity index (χ4v) is 7.85. The van der Waals surface area contributed by atoms with E-state index in [4.69, 9.17) is 0 Å². The predicted octanol–water partition coefficient (Wildman–Crippen LogP) is 2.37. The Hall–Kier alpha value is -0.0900. The first-order chi connectivity index (χ1) is 9.44. The van der Waals surface area contributed by atoms with Crippen LogP contribution in [0.15, 0.2) is 0 Å². The van der Waals surface area contributed by atoms with E-state index in [0.29, 0.717) is 23.0 Å². The summed E-state index contributed by atoms with van der Waals surface area (Å²) >= 11 is 0. The minimum atomic E-state index is -2.76. The Morgan fingerprint density at radius 2 is 1.60 bits per heavy atom. The lowest BCUT2D eigenvalue weighted by Crippen LogP contribution is -2.56. The van der Waals surface area contributed by atoms with Crippen molar-refractivity contribution in [1.82, 2.24) is 5.32 Å². The van der Waals surface area contributed by atoms with Crippen molar-refractivity contribution in [3.05, 3.63) is 0 Å². The first-order valence-corrected chi connectivity index (χ1v) is 10.2. The zero-order chi connectivity index (χ0) is 14.0. The zero-order valence-corrected chi connectivity index (χ0v) is 13.3. The molecule has 0 spiro atoms. The second-order valence-corrected chi connectivity index (χ2v) is 10.5. The summed E-state index contributed by atoms with van der Waals surface area (Å²) in [5.41, 5.74) is 0.487. The summed E-state index contributed by atoms with van der Waals surface area (Å²) in [5, 5.41) is 3.71. The monoisotopic (exact) mass is 297 g/mol. The highest BCUT2D eigenvalue weighted by Gasteiger charge is 2.53. The number of nitrogens with one attached hydrogen (secondary N) is 1. The maximum absolute atomic E-state index is 11.6. The van der Waals surface area contributed by atoms with E-state index in [2.05, 4.69) is 12.2 Å². The van der Waals surface area contributed by atoms with E-state index in [1.165, 1.54) is 38.5 Å². The van der Waals surface area contributed by atoms with Crippen molar-refractivity contribution in [2.24, 2.45) is 23.2 Å². The molecule has 4 saturated carbocycles. The third kappa shape index (κ3) is 2.23. The maximum Gasteiger partial charge on any atom is 0.151 e. The fraction of sp³-hybridized carbons (Fsp3) is 1.00. The lowest BCUT2D eigenvalue weighted by molar-refractivity contribution is -0.0717. The molecule has 0 aromatic rings. The van der Waals surface area contributed by atoms with Crippen molar-refractivity contribution in [1.29, 1.82) is 0 Å². The van der Waals surface area contributed by atoms with Gasteiger partial charge in [-0.1, -0.05) is 0 Å². The van der Waals surface area contributed by atoms with Crippen molar-refractivity contribution in [3.63, 3.8) is 0 Å². The molecule has 0 aromatic heterocycles. The normalized spacial score (nSPS) is 50.5. The molecule has 1 saturated heterocycles. The molecule has 1 heterocycles. The molecule has 3 nitrogen and oxygen atoms in total. The van der Waals surface area contributed by atoms with E-state index < -0.39 is 9.84 Å². The molecule has 5 rings (SSSR count). The van der Waals surface area contributed by atoms with Crippen LogP contribution in [0.1, 0.15) is 51.9 Å². The Morgan fingerprint density at radius 1 is 1.05 bits per heavy atom. The van der Waals surface area contributed by atoms with Crippen LogP contribution in [0.4, 0.5) is 0 Å². The minimum Gasteiger partial charge on any atom is -0.310 e. The van der Waals surface area contributed by atoms with Crippen LogP contribution in [0.5, 0.6) is 0 Å². The molecule has 5 fully saturated rings. The summed E-state index contributed by atoms with van der Waals surface area (Å²) in [6.45, 7) is 2.33. The molecule has 1 aliphatic heterocycles. The summed E-state index contributed by atoms with van der Waals surface area (Å²) in [6, 6.07) is 0.706. The number of hydrogen-bond donors (Lipinski definition) is 1. The number of sulfone groups is 1. The van der Waals surface area contributed by atoms with E-state index in [9.17, 15) is 8.42 Å². The number of hydrogen-bond acceptors (Lipinski definition) is 3. The molecule has 2 atom stereocenters. The summed E-state index contributed by atoms with van der Waals surface area (Å²) in [5.74, 6) is 3.66. The first kappa shape index (κ1) is 13.6. The second kappa shape index (κ2) is 4.45. The lowest BCUT2D eigenvalue weighted by Gasteiger charge is -2.59. The maximum atomic E-state index is 11.6. The van der Waals surface area contributed by atoms with Gasteiger partial charge in [0.1, 0.15) is 0 Å². The topological polar surface area (TPSA) is 46.2 Å². The Balaban J connectivity index is 1.47. The average molecular weight is 297 g/mol. The molecule has 20 heavy (non-hydrogen) atoms. The van der Waals surface area contributed by atoms with Gasteiger partial charge in [0.2, 0.25) is 0 Å². The molecule has 5 aliphatic rings. The van der Waals surface area contributed by atoms with Crippen LogP contribution in [0.25, 0.3) is 0 Å². The van der Waals surface area contributed by atoms with Gasteiger partial charge in [0, 0.05) is 12.1 Å². The van der Waals surface area contributed by atoms with E-state index in [1.807, 2.05) is 0 Å². The van der Waals surface area contributed by atoms with Gasteiger partial charge in [0.25, 0.3) is 0 Å². The summed E-state index contributed by atoms with van der Waals surface area (Å²) in [4.78, 5) is 0. The predicted molar refractivity (Wildman–Crippen MR) is 80.3 cm³/mol. The molecule has 2 unspecified atom stereocenters. The lowest BCUT2D eigenvalue weighted by atomic mass is 9.48. The average Bonchev–Trinajstić information content (AvgIpc) is 2.67. The van der Waals surface area contributed by atoms with Crippen molar-refractivity contribution in [2.75, 3.05) is 11.5 Å². The van der Waals surface area contributed by atoms with Gasteiger partial charge in [-0.2, -0.15) is 0 Å². The summed E-state index contributed by atoms with van der Waals surface area (Å²) < 4.78 is 23.3. The molecule has 4 aliphatic carbocycles. The van der Waals surface area contributed by atoms with Gasteiger partial charge in [0.15, 0.2) is 9.84 Å². The molecule has 1 N–H and O–H groups in total. The van der Waals surface area contributed by atoms with Crippen molar-refractivity contribution < 1.29 is 8.42 Å². The van der Waals surface area contributed by atoms with Gasteiger partial charge in [0.05, 0.1) is 11.5 Å². The molecule has 0 aromatic carbocycles. The third-order valence-corrected chi connectivity index (χ3v) is 8.49. The fourth-order valence-electron chi connectivity index (χ4n) is 6.16. The van der Waals surface area contributed by atoms with Crippen molar-refractivity contribution in [3.8, 4) is 0 Å². The van der Waals surface area contributed by atoms with Gasteiger partial charge in [-0.15, -0.1) is 0 Å². The van der Waals surface area contributed by atoms with E-state index >= 15 is 0 Å². The van der Waals surface area contributed by atoms with Gasteiger partial charge in [-0.25, -0.2) is 8.42 Å². The Bertz CT molecular complexity index is 463. The molecule has 4 bridgehead atoms. The molecule has 114 valence electrons. The Morgan fingerprint density at radius 3 is 2.05 bits per heavy atom. The van der Waals surface area contributed by atoms with Gasteiger partial charge in [-0.05, 0) is 75.0 Å². The highest BCUT2D eigenvalue weighted by molar-refractivity contribution is 7.91. The quantitative estimate of drug-likeness (QED) is 0.870. The van der Waals surface area contributed by atoms with Crippen LogP contribution >= 0.6 is 0 Å². The van der Waals surface area contributed by atoms with E-state index in [1.54, 1.807) is 0 Å². The SMILES string of the molecule is CC(NC1CCS(=O)(=O)C1)C12CC3CC(CC(C3)C1)C2. The van der Waals surface area contributed by atoms with E-state index in [0.717, 1.165) is 24.2 Å². The second-order valence-electron chi connectivity index (χ2n) is 8.27. The first-order valence-electron chi connectivity index (χ1n) is 8.41. The Labute approximate surface area is 122 Å². The molecular formula is C16H27NO2S. The molecule has 4 heteroatoms. The van der Waals surface area contributed by atoms with Crippen molar-refractivity contribution in [2.45, 2.75) is 64.0 Å². The largest absolute Gasteiger partial charge is 0.310 e. The van der Waals surface area contributed by atoms with Crippen LogP contribution in [0, 0.1) is 23.2 Å². The van der Waals surface area contributed by atoms with E-state index in [-0.39, 0.29) is 6.04 Å².